The second-order valence-electron chi connectivity index (χ2n) is 8.16. The van der Waals surface area contributed by atoms with Gasteiger partial charge < -0.3 is 9.47 Å². The molecule has 7 heteroatoms. The van der Waals surface area contributed by atoms with Crippen LogP contribution in [0.1, 0.15) is 51.4 Å². The van der Waals surface area contributed by atoms with Crippen LogP contribution in [-0.2, 0) is 9.47 Å². The normalized spacial score (nSPS) is 32.7. The Balaban J connectivity index is 2.35. The summed E-state index contributed by atoms with van der Waals surface area (Å²) in [5.74, 6) is -0.193. The van der Waals surface area contributed by atoms with Crippen molar-refractivity contribution in [2.45, 2.75) is 81.1 Å². The molecule has 145 valence electrons. The van der Waals surface area contributed by atoms with Crippen molar-refractivity contribution in [3.63, 3.8) is 0 Å². The Morgan fingerprint density at radius 3 is 2.16 bits per heavy atom. The minimum atomic E-state index is -4.18. The molecular weight excluding hydrogens is 361 g/mol. The Bertz CT molecular complexity index is 454. The van der Waals surface area contributed by atoms with Crippen molar-refractivity contribution in [3.05, 3.63) is 12.2 Å². The van der Waals surface area contributed by atoms with Gasteiger partial charge in [-0.1, -0.05) is 25.2 Å². The third-order valence-electron chi connectivity index (χ3n) is 5.98. The van der Waals surface area contributed by atoms with Gasteiger partial charge in [0.2, 0.25) is 0 Å². The molecule has 0 aromatic rings. The fraction of sp³-hybridized carbons (Fsp3) is 0.889. The van der Waals surface area contributed by atoms with Gasteiger partial charge in [0.05, 0.1) is 19.2 Å². The fourth-order valence-corrected chi connectivity index (χ4v) is 8.91. The summed E-state index contributed by atoms with van der Waals surface area (Å²) in [5, 5.41) is -0.754. The van der Waals surface area contributed by atoms with Gasteiger partial charge in [-0.15, -0.1) is 0 Å². The summed E-state index contributed by atoms with van der Waals surface area (Å²) >= 11 is 0. The van der Waals surface area contributed by atoms with Crippen LogP contribution in [0, 0.1) is 12.5 Å². The first kappa shape index (κ1) is 21.2. The number of hydrogen-bond acceptors (Lipinski definition) is 2. The summed E-state index contributed by atoms with van der Waals surface area (Å²) < 4.78 is 51.0. The Hall–Kier alpha value is -0.116. The third kappa shape index (κ3) is 4.99. The van der Waals surface area contributed by atoms with Gasteiger partial charge >= 0.3 is 6.18 Å². The maximum atomic E-state index is 12.8. The summed E-state index contributed by atoms with van der Waals surface area (Å²) in [7, 11) is -0.588. The first-order chi connectivity index (χ1) is 11.6. The first-order valence-electron chi connectivity index (χ1n) is 9.56. The van der Waals surface area contributed by atoms with Crippen molar-refractivity contribution in [3.8, 4) is 0 Å². The molecule has 0 spiro atoms. The predicted molar refractivity (Wildman–Crippen MR) is 100 cm³/mol. The van der Waals surface area contributed by atoms with Gasteiger partial charge in [0.25, 0.3) is 0 Å². The molecule has 2 rings (SSSR count). The Kier molecular flexibility index (Phi) is 7.01. The zero-order chi connectivity index (χ0) is 18.7. The largest absolute Gasteiger partial charge is 0.389 e. The van der Waals surface area contributed by atoms with Crippen molar-refractivity contribution in [2.24, 2.45) is 5.92 Å². The molecule has 2 fully saturated rings. The topological polar surface area (TPSA) is 18.5 Å². The molecule has 0 bridgehead atoms. The SMILES string of the molecule is [CH]=C(CCC(F)(F)F)C(C1([SiH3])CCCCO1)C1([SiH](C)C)CCCCO1. The Morgan fingerprint density at radius 2 is 1.72 bits per heavy atom. The molecule has 0 aromatic carbocycles. The van der Waals surface area contributed by atoms with E-state index < -0.39 is 21.4 Å². The summed E-state index contributed by atoms with van der Waals surface area (Å²) in [6, 6.07) is 0. The van der Waals surface area contributed by atoms with Crippen LogP contribution in [0.25, 0.3) is 0 Å². The highest BCUT2D eigenvalue weighted by Gasteiger charge is 2.54. The lowest BCUT2D eigenvalue weighted by Crippen LogP contribution is -2.63. The number of hydrogen-bond donors (Lipinski definition) is 0. The van der Waals surface area contributed by atoms with Crippen molar-refractivity contribution in [2.75, 3.05) is 13.2 Å². The second-order valence-corrected chi connectivity index (χ2v) is 13.1. The van der Waals surface area contributed by atoms with E-state index >= 15 is 0 Å². The number of halogens is 3. The van der Waals surface area contributed by atoms with Gasteiger partial charge in [0, 0.05) is 35.8 Å². The van der Waals surface area contributed by atoms with Gasteiger partial charge in [0.1, 0.15) is 0 Å². The average molecular weight is 394 g/mol. The van der Waals surface area contributed by atoms with E-state index in [1.54, 1.807) is 0 Å². The molecule has 0 aliphatic carbocycles. The quantitative estimate of drug-likeness (QED) is 0.643. The lowest BCUT2D eigenvalue weighted by Gasteiger charge is -2.54. The fourth-order valence-electron chi connectivity index (χ4n) is 4.69. The van der Waals surface area contributed by atoms with Crippen molar-refractivity contribution >= 4 is 19.0 Å². The van der Waals surface area contributed by atoms with Crippen LogP contribution < -0.4 is 0 Å². The average Bonchev–Trinajstić information content (AvgIpc) is 2.53. The molecular formula is C18H32F3O2Si2. The highest BCUT2D eigenvalue weighted by Crippen LogP contribution is 2.48. The highest BCUT2D eigenvalue weighted by atomic mass is 28.3. The molecule has 3 unspecified atom stereocenters. The lowest BCUT2D eigenvalue weighted by atomic mass is 9.79. The van der Waals surface area contributed by atoms with E-state index in [0.717, 1.165) is 48.8 Å². The second kappa shape index (κ2) is 8.27. The van der Waals surface area contributed by atoms with Crippen LogP contribution >= 0.6 is 0 Å². The van der Waals surface area contributed by atoms with Crippen molar-refractivity contribution in [1.82, 2.24) is 0 Å². The van der Waals surface area contributed by atoms with Gasteiger partial charge in [0.15, 0.2) is 0 Å². The standard InChI is InChI=1S/C18H32F3O2Si2/c1-14(8-11-18(19,20)21)15(16(24)9-4-6-12-22-16)17(25(2)3)10-5-7-13-23-17/h1,15,25H,4-13H2,2-3,24H3. The Morgan fingerprint density at radius 1 is 1.12 bits per heavy atom. The maximum absolute atomic E-state index is 12.8. The first-order valence-corrected chi connectivity index (χ1v) is 13.5. The molecule has 0 aromatic heterocycles. The van der Waals surface area contributed by atoms with Crippen molar-refractivity contribution < 1.29 is 22.6 Å². The van der Waals surface area contributed by atoms with Gasteiger partial charge in [-0.25, -0.2) is 0 Å². The number of alkyl halides is 3. The van der Waals surface area contributed by atoms with Crippen LogP contribution in [0.5, 0.6) is 0 Å². The van der Waals surface area contributed by atoms with Crippen LogP contribution in [0.2, 0.25) is 13.1 Å². The van der Waals surface area contributed by atoms with E-state index in [1.165, 1.54) is 0 Å². The van der Waals surface area contributed by atoms with E-state index in [-0.39, 0.29) is 22.8 Å². The summed E-state index contributed by atoms with van der Waals surface area (Å²) in [6.07, 6.45) is 0.797. The highest BCUT2D eigenvalue weighted by molar-refractivity contribution is 6.59. The lowest BCUT2D eigenvalue weighted by molar-refractivity contribution is -0.142. The number of ether oxygens (including phenoxy) is 2. The summed E-state index contributed by atoms with van der Waals surface area (Å²) in [4.78, 5) is 0. The van der Waals surface area contributed by atoms with E-state index in [0.29, 0.717) is 18.8 Å². The Labute approximate surface area is 154 Å². The van der Waals surface area contributed by atoms with E-state index in [2.05, 4.69) is 13.1 Å². The summed E-state index contributed by atoms with van der Waals surface area (Å²) in [5.41, 5.74) is 0.456. The molecule has 0 amide bonds. The molecule has 3 atom stereocenters. The van der Waals surface area contributed by atoms with E-state index in [9.17, 15) is 13.2 Å². The molecule has 2 heterocycles. The molecule has 2 nitrogen and oxygen atoms in total. The molecule has 2 aliphatic rings. The predicted octanol–water partition coefficient (Wildman–Crippen LogP) is 3.53. The molecule has 2 saturated heterocycles. The smallest absolute Gasteiger partial charge is 0.379 e. The maximum Gasteiger partial charge on any atom is 0.389 e. The minimum Gasteiger partial charge on any atom is -0.379 e. The molecule has 25 heavy (non-hydrogen) atoms. The van der Waals surface area contributed by atoms with Gasteiger partial charge in [-0.05, 0) is 44.9 Å². The van der Waals surface area contributed by atoms with Crippen LogP contribution in [0.3, 0.4) is 0 Å². The molecule has 2 aliphatic heterocycles. The van der Waals surface area contributed by atoms with Crippen LogP contribution in [0.15, 0.2) is 5.57 Å². The zero-order valence-electron chi connectivity index (χ0n) is 15.8. The van der Waals surface area contributed by atoms with Gasteiger partial charge in [-0.3, -0.25) is 0 Å². The molecule has 0 N–H and O–H groups in total. The van der Waals surface area contributed by atoms with Crippen LogP contribution in [-0.4, -0.2) is 48.9 Å². The van der Waals surface area contributed by atoms with Gasteiger partial charge in [-0.2, -0.15) is 13.2 Å². The monoisotopic (exact) mass is 393 g/mol. The zero-order valence-corrected chi connectivity index (χ0v) is 18.9. The molecule has 0 saturated carbocycles. The molecule has 1 radical (unpaired) electrons. The minimum absolute atomic E-state index is 0.117. The van der Waals surface area contributed by atoms with E-state index in [1.807, 2.05) is 0 Å². The number of rotatable bonds is 6. The van der Waals surface area contributed by atoms with Crippen molar-refractivity contribution in [1.29, 1.82) is 0 Å². The van der Waals surface area contributed by atoms with Crippen LogP contribution in [0.4, 0.5) is 13.2 Å². The summed E-state index contributed by atoms with van der Waals surface area (Å²) in [6.45, 7) is 12.2. The van der Waals surface area contributed by atoms with E-state index in [4.69, 9.17) is 16.1 Å². The third-order valence-corrected chi connectivity index (χ3v) is 10.1.